The SMILES string of the molecule is CC(CN1CCC(OCC(=O)Nc2cc(Cl)cc(Cl)c2)(c2ccc(-c3cccc(C#N)c3)cc2)CC1)c1ccccc1.CN(CC(=O)Nc1ccc(Cl)c(C(F)(F)F)c1)C1(c2ccc(-c3cccc(C#N)c3)cc2)CCN(C2CCCC2)CC1.N#Cc1cccc(-c2ccc(C3(NCC(=O)Nc4ccc(Cl)c(C(F)(F)F)c4)CCN(C4CCCC4)CC3)cc2)c1. The van der Waals surface area contributed by atoms with Crippen LogP contribution in [-0.4, -0.2) is 122 Å². The molecule has 10 aromatic rings. The first-order valence-corrected chi connectivity index (χ1v) is 43.9. The van der Waals surface area contributed by atoms with Crippen molar-refractivity contribution >= 4 is 81.2 Å². The van der Waals surface area contributed by atoms with Crippen LogP contribution >= 0.6 is 46.4 Å². The van der Waals surface area contributed by atoms with Crippen molar-refractivity contribution < 1.29 is 45.5 Å². The van der Waals surface area contributed by atoms with Crippen molar-refractivity contribution in [2.75, 3.05) is 88.5 Å². The van der Waals surface area contributed by atoms with Crippen LogP contribution in [-0.2, 0) is 48.2 Å². The van der Waals surface area contributed by atoms with Gasteiger partial charge in [-0.3, -0.25) is 24.6 Å². The monoisotopic (exact) mass is 1770 g/mol. The van der Waals surface area contributed by atoms with Gasteiger partial charge in [0.2, 0.25) is 17.7 Å². The number of rotatable bonds is 23. The van der Waals surface area contributed by atoms with Crippen LogP contribution in [0.1, 0.15) is 153 Å². The molecule has 0 radical (unpaired) electrons. The van der Waals surface area contributed by atoms with E-state index in [-0.39, 0.29) is 37.0 Å². The number of piperidine rings is 3. The van der Waals surface area contributed by atoms with Gasteiger partial charge in [-0.1, -0.05) is 219 Å². The molecule has 3 saturated heterocycles. The Morgan fingerprint density at radius 3 is 1.34 bits per heavy atom. The molecule has 2 saturated carbocycles. The molecule has 5 fully saturated rings. The molecule has 4 N–H and O–H groups in total. The maximum absolute atomic E-state index is 13.4. The molecule has 5 aliphatic rings. The van der Waals surface area contributed by atoms with Gasteiger partial charge >= 0.3 is 12.4 Å². The van der Waals surface area contributed by atoms with E-state index in [1.165, 1.54) is 69.1 Å². The number of likely N-dealkylation sites (N-methyl/N-ethyl adjacent to an activating group) is 1. The number of halogens is 10. The predicted octanol–water partition coefficient (Wildman–Crippen LogP) is 23.3. The third-order valence-corrected chi connectivity index (χ3v) is 26.3. The van der Waals surface area contributed by atoms with Gasteiger partial charge in [0.15, 0.2) is 0 Å². The highest BCUT2D eigenvalue weighted by molar-refractivity contribution is 6.35. The summed E-state index contributed by atoms with van der Waals surface area (Å²) >= 11 is 23.7. The first-order valence-electron chi connectivity index (χ1n) is 42.4. The van der Waals surface area contributed by atoms with Gasteiger partial charge in [0.05, 0.1) is 74.8 Å². The molecule has 125 heavy (non-hydrogen) atoms. The number of nitrogens with one attached hydrogen (secondary N) is 4. The van der Waals surface area contributed by atoms with Gasteiger partial charge in [-0.2, -0.15) is 42.1 Å². The second-order valence-corrected chi connectivity index (χ2v) is 34.9. The average Bonchev–Trinajstić information content (AvgIpc) is 1.49. The Morgan fingerprint density at radius 2 is 0.888 bits per heavy atom. The first-order chi connectivity index (χ1) is 60.1. The van der Waals surface area contributed by atoms with E-state index in [0.717, 1.165) is 159 Å². The van der Waals surface area contributed by atoms with E-state index in [4.69, 9.17) is 51.1 Å². The highest BCUT2D eigenvalue weighted by Gasteiger charge is 2.44. The van der Waals surface area contributed by atoms with Gasteiger partial charge in [-0.25, -0.2) is 0 Å². The van der Waals surface area contributed by atoms with Crippen molar-refractivity contribution in [2.45, 2.75) is 144 Å². The number of alkyl halides is 6. The molecule has 648 valence electrons. The maximum Gasteiger partial charge on any atom is 0.417 e. The number of likely N-dealkylation sites (tertiary alicyclic amines) is 3. The molecule has 0 spiro atoms. The molecule has 3 amide bonds. The Labute approximate surface area is 747 Å². The van der Waals surface area contributed by atoms with Crippen molar-refractivity contribution in [3.05, 3.63) is 301 Å². The lowest BCUT2D eigenvalue weighted by atomic mass is 9.78. The lowest BCUT2D eigenvalue weighted by Crippen LogP contribution is -2.54. The predicted molar refractivity (Wildman–Crippen MR) is 483 cm³/mol. The highest BCUT2D eigenvalue weighted by Crippen LogP contribution is 2.45. The Balaban J connectivity index is 0.000000161. The van der Waals surface area contributed by atoms with E-state index in [9.17, 15) is 56.5 Å². The molecule has 2 aliphatic carbocycles. The van der Waals surface area contributed by atoms with E-state index >= 15 is 0 Å². The molecule has 10 aromatic carbocycles. The molecule has 25 heteroatoms. The van der Waals surface area contributed by atoms with Gasteiger partial charge in [0.25, 0.3) is 0 Å². The van der Waals surface area contributed by atoms with Crippen molar-refractivity contribution in [1.29, 1.82) is 15.8 Å². The summed E-state index contributed by atoms with van der Waals surface area (Å²) in [7, 11) is 1.91. The third-order valence-electron chi connectivity index (χ3n) is 25.2. The zero-order valence-corrected chi connectivity index (χ0v) is 72.7. The standard InChI is InChI=1S/C35H33Cl2N3O2.C33H34ClF3N4O.C32H32ClF3N4O/c1-25(27-7-3-2-4-8-27)23-40-16-14-35(15-17-40,42-24-34(41)39-33-20-31(36)19-32(37)21-33)30-12-10-28(11-13-30)29-9-5-6-26(18-29)22-38;1-40(22-31(42)39-27-13-14-30(34)29(20-27)33(35,36)37)32(15-17-41(18-16-32)28-7-2-3-8-28)26-11-9-24(10-12-26)25-6-4-5-23(19-25)21-38;33-29-13-12-26(19-28(29)32(34,35)36)39-30(41)21-38-31(14-16-40(17-15-31)27-6-1-2-7-27)25-10-8-23(9-11-25)24-5-3-4-22(18-24)20-37/h2-13,18-21,25H,14-17,23-24H2,1H3,(H,39,41);4-6,9-14,19-20,28H,2-3,7-8,15-18,22H2,1H3,(H,39,42);3-5,8-13,18-19,27,38H,1-2,6-7,14-17,21H2,(H,39,41). The molecule has 15 rings (SSSR count). The molecule has 3 aliphatic heterocycles. The Bertz CT molecular complexity index is 5490. The van der Waals surface area contributed by atoms with Gasteiger partial charge in [-0.15, -0.1) is 0 Å². The molecule has 0 aromatic heterocycles. The van der Waals surface area contributed by atoms with Gasteiger partial charge in [0.1, 0.15) is 6.61 Å². The zero-order chi connectivity index (χ0) is 88.5. The molecule has 1 unspecified atom stereocenters. The van der Waals surface area contributed by atoms with E-state index in [2.05, 4.69) is 146 Å². The Morgan fingerprint density at radius 1 is 0.464 bits per heavy atom. The number of hydrogen-bond donors (Lipinski definition) is 4. The first kappa shape index (κ1) is 92.3. The summed E-state index contributed by atoms with van der Waals surface area (Å²) in [6.07, 6.45) is 5.50. The van der Waals surface area contributed by atoms with E-state index in [1.807, 2.05) is 84.7 Å². The van der Waals surface area contributed by atoms with Crippen LogP contribution in [0.3, 0.4) is 0 Å². The van der Waals surface area contributed by atoms with Crippen molar-refractivity contribution in [2.24, 2.45) is 0 Å². The summed E-state index contributed by atoms with van der Waals surface area (Å²) in [5.41, 5.74) is 9.43. The summed E-state index contributed by atoms with van der Waals surface area (Å²) < 4.78 is 86.4. The topological polar surface area (TPSA) is 193 Å². The number of nitrogens with zero attached hydrogens (tertiary/aromatic N) is 7. The molecule has 1 atom stereocenters. The number of benzene rings is 10. The lowest BCUT2D eigenvalue weighted by Gasteiger charge is -2.49. The van der Waals surface area contributed by atoms with Crippen LogP contribution in [0.15, 0.2) is 231 Å². The fourth-order valence-electron chi connectivity index (χ4n) is 18.3. The zero-order valence-electron chi connectivity index (χ0n) is 69.7. The quantitative estimate of drug-likeness (QED) is 0.0444. The summed E-state index contributed by atoms with van der Waals surface area (Å²) in [4.78, 5) is 48.7. The van der Waals surface area contributed by atoms with Crippen LogP contribution in [0.4, 0.5) is 43.4 Å². The number of anilines is 3. The molecule has 0 bridgehead atoms. The van der Waals surface area contributed by atoms with Gasteiger partial charge in [-0.05, 0) is 224 Å². The second kappa shape index (κ2) is 41.8. The van der Waals surface area contributed by atoms with Crippen LogP contribution in [0.2, 0.25) is 20.1 Å². The van der Waals surface area contributed by atoms with Crippen LogP contribution < -0.4 is 21.3 Å². The number of ether oxygens (including phenoxy) is 1. The Hall–Kier alpha value is -10.4. The van der Waals surface area contributed by atoms with E-state index in [0.29, 0.717) is 50.4 Å². The number of nitriles is 3. The van der Waals surface area contributed by atoms with E-state index < -0.39 is 62.0 Å². The summed E-state index contributed by atoms with van der Waals surface area (Å²) in [6, 6.07) is 77.4. The number of carbonyl (C=O) groups excluding carboxylic acids is 3. The number of amides is 3. The number of carbonyl (C=O) groups is 3. The summed E-state index contributed by atoms with van der Waals surface area (Å²) in [5.74, 6) is -0.672. The minimum absolute atomic E-state index is 0.0133. The fraction of sp³-hybridized carbons (Fsp3) is 0.340. The number of hydrogen-bond acceptors (Lipinski definition) is 12. The van der Waals surface area contributed by atoms with Crippen LogP contribution in [0.5, 0.6) is 0 Å². The fourth-order valence-corrected chi connectivity index (χ4v) is 19.3. The maximum atomic E-state index is 13.4. The largest absolute Gasteiger partial charge is 0.417 e. The normalized spacial score (nSPS) is 17.0. The smallest absolute Gasteiger partial charge is 0.360 e. The molecule has 3 heterocycles. The van der Waals surface area contributed by atoms with Gasteiger partial charge in [0, 0.05) is 96.1 Å². The van der Waals surface area contributed by atoms with Gasteiger partial charge < -0.3 is 35.4 Å². The molecule has 15 nitrogen and oxygen atoms in total. The second-order valence-electron chi connectivity index (χ2n) is 33.2. The Kier molecular flexibility index (Phi) is 30.8. The molecular formula is C100H99Cl4F6N11O4. The van der Waals surface area contributed by atoms with E-state index in [1.54, 1.807) is 36.4 Å². The minimum atomic E-state index is -4.62. The summed E-state index contributed by atoms with van der Waals surface area (Å²) in [6.45, 7) is 8.42. The summed E-state index contributed by atoms with van der Waals surface area (Å²) in [5, 5.41) is 39.5. The average molecular weight is 1770 g/mol. The third kappa shape index (κ3) is 23.8. The van der Waals surface area contributed by atoms with Crippen LogP contribution in [0.25, 0.3) is 33.4 Å². The van der Waals surface area contributed by atoms with Crippen LogP contribution in [0, 0.1) is 34.0 Å². The van der Waals surface area contributed by atoms with Crippen molar-refractivity contribution in [3.63, 3.8) is 0 Å². The lowest BCUT2D eigenvalue weighted by molar-refractivity contribution is -0.138. The highest BCUT2D eigenvalue weighted by atomic mass is 35.5. The van der Waals surface area contributed by atoms with Crippen molar-refractivity contribution in [3.8, 4) is 51.6 Å². The molecular weight excluding hydrogens is 1670 g/mol. The minimum Gasteiger partial charge on any atom is -0.360 e. The van der Waals surface area contributed by atoms with Crippen molar-refractivity contribution in [1.82, 2.24) is 24.9 Å².